The van der Waals surface area contributed by atoms with Gasteiger partial charge in [-0.2, -0.15) is 0 Å². The molecule has 0 aliphatic rings. The van der Waals surface area contributed by atoms with Gasteiger partial charge in [0.1, 0.15) is 6.04 Å². The fourth-order valence-electron chi connectivity index (χ4n) is 1.66. The molecule has 1 rings (SSSR count). The quantitative estimate of drug-likeness (QED) is 0.574. The second-order valence-corrected chi connectivity index (χ2v) is 3.61. The second kappa shape index (κ2) is 6.59. The van der Waals surface area contributed by atoms with E-state index >= 15 is 0 Å². The standard InChI is InChI=1S/C14H17NO2/c1-4-11-17-14(16)12(3)15(5-2)13-9-7-6-8-10-13/h1,6-10,12H,5,11H2,2-3H3. The molecular formula is C14H17NO2. The average Bonchev–Trinajstić information content (AvgIpc) is 2.38. The van der Waals surface area contributed by atoms with Gasteiger partial charge >= 0.3 is 5.97 Å². The number of nitrogens with zero attached hydrogens (tertiary/aromatic N) is 1. The van der Waals surface area contributed by atoms with Crippen molar-refractivity contribution in [3.8, 4) is 12.3 Å². The monoisotopic (exact) mass is 231 g/mol. The predicted octanol–water partition coefficient (Wildman–Crippen LogP) is 2.08. The molecule has 0 radical (unpaired) electrons. The number of hydrogen-bond donors (Lipinski definition) is 0. The van der Waals surface area contributed by atoms with Gasteiger partial charge in [-0.05, 0) is 26.0 Å². The van der Waals surface area contributed by atoms with Crippen LogP contribution < -0.4 is 4.90 Å². The molecule has 1 aromatic carbocycles. The van der Waals surface area contributed by atoms with Crippen LogP contribution in [0.2, 0.25) is 0 Å². The number of carbonyl (C=O) groups is 1. The summed E-state index contributed by atoms with van der Waals surface area (Å²) < 4.78 is 4.94. The van der Waals surface area contributed by atoms with Crippen molar-refractivity contribution in [2.45, 2.75) is 19.9 Å². The summed E-state index contributed by atoms with van der Waals surface area (Å²) in [5, 5.41) is 0. The van der Waals surface area contributed by atoms with E-state index in [2.05, 4.69) is 5.92 Å². The first-order valence-corrected chi connectivity index (χ1v) is 5.62. The fourth-order valence-corrected chi connectivity index (χ4v) is 1.66. The maximum absolute atomic E-state index is 11.7. The highest BCUT2D eigenvalue weighted by molar-refractivity contribution is 5.79. The van der Waals surface area contributed by atoms with Crippen LogP contribution in [-0.2, 0) is 9.53 Å². The second-order valence-electron chi connectivity index (χ2n) is 3.61. The molecule has 0 aliphatic carbocycles. The minimum absolute atomic E-state index is 0.0233. The van der Waals surface area contributed by atoms with Crippen LogP contribution in [0.1, 0.15) is 13.8 Å². The van der Waals surface area contributed by atoms with Crippen LogP contribution in [-0.4, -0.2) is 25.2 Å². The van der Waals surface area contributed by atoms with Gasteiger partial charge in [0, 0.05) is 12.2 Å². The summed E-state index contributed by atoms with van der Waals surface area (Å²) in [6, 6.07) is 9.42. The van der Waals surface area contributed by atoms with Crippen molar-refractivity contribution in [1.29, 1.82) is 0 Å². The SMILES string of the molecule is C#CCOC(=O)C(C)N(CC)c1ccccc1. The van der Waals surface area contributed by atoms with Gasteiger partial charge < -0.3 is 9.64 Å². The Morgan fingerprint density at radius 1 is 1.47 bits per heavy atom. The lowest BCUT2D eigenvalue weighted by Crippen LogP contribution is -2.40. The highest BCUT2D eigenvalue weighted by Gasteiger charge is 2.21. The third-order valence-electron chi connectivity index (χ3n) is 2.53. The summed E-state index contributed by atoms with van der Waals surface area (Å²) >= 11 is 0. The zero-order valence-corrected chi connectivity index (χ0v) is 10.2. The van der Waals surface area contributed by atoms with Crippen molar-refractivity contribution in [1.82, 2.24) is 0 Å². The van der Waals surface area contributed by atoms with E-state index in [0.29, 0.717) is 0 Å². The molecule has 0 bridgehead atoms. The summed E-state index contributed by atoms with van der Waals surface area (Å²) in [6.45, 7) is 4.57. The highest BCUT2D eigenvalue weighted by atomic mass is 16.5. The lowest BCUT2D eigenvalue weighted by Gasteiger charge is -2.28. The van der Waals surface area contributed by atoms with E-state index < -0.39 is 0 Å². The first kappa shape index (κ1) is 13.1. The van der Waals surface area contributed by atoms with Crippen molar-refractivity contribution in [2.24, 2.45) is 0 Å². The van der Waals surface area contributed by atoms with E-state index in [1.807, 2.05) is 49.1 Å². The molecule has 0 spiro atoms. The van der Waals surface area contributed by atoms with Crippen LogP contribution >= 0.6 is 0 Å². The summed E-state index contributed by atoms with van der Waals surface area (Å²) in [7, 11) is 0. The zero-order valence-electron chi connectivity index (χ0n) is 10.2. The summed E-state index contributed by atoms with van der Waals surface area (Å²) in [4.78, 5) is 13.7. The van der Waals surface area contributed by atoms with Crippen molar-refractivity contribution in [3.05, 3.63) is 30.3 Å². The third-order valence-corrected chi connectivity index (χ3v) is 2.53. The number of carbonyl (C=O) groups excluding carboxylic acids is 1. The minimum atomic E-state index is -0.337. The Hall–Kier alpha value is -1.95. The highest BCUT2D eigenvalue weighted by Crippen LogP contribution is 2.16. The van der Waals surface area contributed by atoms with Crippen molar-refractivity contribution in [3.63, 3.8) is 0 Å². The molecular weight excluding hydrogens is 214 g/mol. The lowest BCUT2D eigenvalue weighted by atomic mass is 10.2. The Morgan fingerprint density at radius 3 is 2.65 bits per heavy atom. The molecule has 0 aromatic heterocycles. The van der Waals surface area contributed by atoms with Crippen LogP contribution in [0.5, 0.6) is 0 Å². The number of hydrogen-bond acceptors (Lipinski definition) is 3. The number of rotatable bonds is 5. The van der Waals surface area contributed by atoms with Crippen molar-refractivity contribution >= 4 is 11.7 Å². The smallest absolute Gasteiger partial charge is 0.329 e. The topological polar surface area (TPSA) is 29.5 Å². The molecule has 0 saturated carbocycles. The number of esters is 1. The van der Waals surface area contributed by atoms with Crippen LogP contribution in [0, 0.1) is 12.3 Å². The molecule has 3 nitrogen and oxygen atoms in total. The van der Waals surface area contributed by atoms with Crippen molar-refractivity contribution < 1.29 is 9.53 Å². The van der Waals surface area contributed by atoms with Crippen LogP contribution in [0.25, 0.3) is 0 Å². The maximum Gasteiger partial charge on any atom is 0.329 e. The lowest BCUT2D eigenvalue weighted by molar-refractivity contribution is -0.143. The van der Waals surface area contributed by atoms with Gasteiger partial charge in [-0.1, -0.05) is 24.1 Å². The largest absolute Gasteiger partial charge is 0.451 e. The molecule has 1 unspecified atom stereocenters. The third kappa shape index (κ3) is 3.53. The van der Waals surface area contributed by atoms with E-state index in [1.54, 1.807) is 0 Å². The molecule has 0 aliphatic heterocycles. The first-order valence-electron chi connectivity index (χ1n) is 5.62. The van der Waals surface area contributed by atoms with E-state index in [0.717, 1.165) is 12.2 Å². The van der Waals surface area contributed by atoms with Gasteiger partial charge in [-0.15, -0.1) is 6.42 Å². The molecule has 90 valence electrons. The van der Waals surface area contributed by atoms with Gasteiger partial charge in [0.2, 0.25) is 0 Å². The average molecular weight is 231 g/mol. The Balaban J connectivity index is 2.75. The number of ether oxygens (including phenoxy) is 1. The van der Waals surface area contributed by atoms with E-state index in [9.17, 15) is 4.79 Å². The minimum Gasteiger partial charge on any atom is -0.451 e. The Kier molecular flexibility index (Phi) is 5.09. The molecule has 0 heterocycles. The Morgan fingerprint density at radius 2 is 2.12 bits per heavy atom. The number of likely N-dealkylation sites (N-methyl/N-ethyl adjacent to an activating group) is 1. The predicted molar refractivity (Wildman–Crippen MR) is 68.7 cm³/mol. The maximum atomic E-state index is 11.7. The molecule has 0 fully saturated rings. The molecule has 0 amide bonds. The number of terminal acetylenes is 1. The normalized spacial score (nSPS) is 11.4. The molecule has 3 heteroatoms. The zero-order chi connectivity index (χ0) is 12.7. The van der Waals surface area contributed by atoms with Crippen molar-refractivity contribution in [2.75, 3.05) is 18.1 Å². The van der Waals surface area contributed by atoms with Crippen LogP contribution in [0.15, 0.2) is 30.3 Å². The first-order chi connectivity index (χ1) is 8.20. The van der Waals surface area contributed by atoms with Crippen LogP contribution in [0.4, 0.5) is 5.69 Å². The molecule has 17 heavy (non-hydrogen) atoms. The summed E-state index contributed by atoms with van der Waals surface area (Å²) in [6.07, 6.45) is 5.06. The van der Waals surface area contributed by atoms with Gasteiger partial charge in [0.15, 0.2) is 6.61 Å². The van der Waals surface area contributed by atoms with Gasteiger partial charge in [-0.25, -0.2) is 4.79 Å². The number of benzene rings is 1. The van der Waals surface area contributed by atoms with E-state index in [4.69, 9.17) is 11.2 Å². The Bertz CT molecular complexity index is 394. The van der Waals surface area contributed by atoms with E-state index in [1.165, 1.54) is 0 Å². The summed E-state index contributed by atoms with van der Waals surface area (Å²) in [5.41, 5.74) is 1.00. The number of para-hydroxylation sites is 1. The van der Waals surface area contributed by atoms with Gasteiger partial charge in [0.05, 0.1) is 0 Å². The molecule has 1 aromatic rings. The fraction of sp³-hybridized carbons (Fsp3) is 0.357. The summed E-state index contributed by atoms with van der Waals surface area (Å²) in [5.74, 6) is 1.99. The molecule has 0 saturated heterocycles. The Labute approximate surface area is 102 Å². The van der Waals surface area contributed by atoms with Gasteiger partial charge in [-0.3, -0.25) is 0 Å². The molecule has 1 atom stereocenters. The number of anilines is 1. The van der Waals surface area contributed by atoms with Crippen LogP contribution in [0.3, 0.4) is 0 Å². The van der Waals surface area contributed by atoms with Gasteiger partial charge in [0.25, 0.3) is 0 Å². The molecule has 0 N–H and O–H groups in total. The van der Waals surface area contributed by atoms with E-state index in [-0.39, 0.29) is 18.6 Å².